The van der Waals surface area contributed by atoms with Crippen LogP contribution in [0.5, 0.6) is 0 Å². The van der Waals surface area contributed by atoms with E-state index in [1.807, 2.05) is 0 Å². The highest BCUT2D eigenvalue weighted by Gasteiger charge is 2.44. The van der Waals surface area contributed by atoms with Gasteiger partial charge >= 0.3 is 0 Å². The van der Waals surface area contributed by atoms with Gasteiger partial charge < -0.3 is 10.2 Å². The number of likely N-dealkylation sites (tertiary alicyclic amines) is 1. The largest absolute Gasteiger partial charge is 0.341 e. The molecule has 0 aromatic carbocycles. The van der Waals surface area contributed by atoms with Gasteiger partial charge in [0.1, 0.15) is 0 Å². The lowest BCUT2D eigenvalue weighted by Gasteiger charge is -2.24. The maximum atomic E-state index is 12.3. The first kappa shape index (κ1) is 12.5. The van der Waals surface area contributed by atoms with E-state index in [4.69, 9.17) is 0 Å². The Morgan fingerprint density at radius 3 is 2.28 bits per heavy atom. The van der Waals surface area contributed by atoms with Gasteiger partial charge in [0.25, 0.3) is 0 Å². The van der Waals surface area contributed by atoms with Gasteiger partial charge in [-0.15, -0.1) is 0 Å². The fourth-order valence-corrected chi connectivity index (χ4v) is 3.46. The number of nitrogens with one attached hydrogen (secondary N) is 1. The minimum atomic E-state index is 0.0871. The van der Waals surface area contributed by atoms with E-state index >= 15 is 0 Å². The molecule has 1 saturated heterocycles. The zero-order valence-electron chi connectivity index (χ0n) is 11.7. The smallest absolute Gasteiger partial charge is 0.239 e. The third kappa shape index (κ3) is 2.71. The molecule has 18 heavy (non-hydrogen) atoms. The summed E-state index contributed by atoms with van der Waals surface area (Å²) in [5, 5.41) is 3.39. The lowest BCUT2D eigenvalue weighted by atomic mass is 9.97. The summed E-state index contributed by atoms with van der Waals surface area (Å²) in [6.45, 7) is 6.25. The van der Waals surface area contributed by atoms with E-state index < -0.39 is 0 Å². The number of carbonyl (C=O) groups is 1. The second-order valence-electron chi connectivity index (χ2n) is 6.79. The van der Waals surface area contributed by atoms with E-state index in [0.717, 1.165) is 37.3 Å². The molecule has 1 unspecified atom stereocenters. The Balaban J connectivity index is 1.55. The Bertz CT molecular complexity index is 308. The number of carbonyl (C=O) groups excluding carboxylic acids is 1. The summed E-state index contributed by atoms with van der Waals surface area (Å²) in [6.07, 6.45) is 6.65. The van der Waals surface area contributed by atoms with Crippen LogP contribution in [-0.2, 0) is 4.79 Å². The Labute approximate surface area is 110 Å². The molecule has 1 heterocycles. The van der Waals surface area contributed by atoms with Crippen molar-refractivity contribution in [2.45, 2.75) is 58.0 Å². The van der Waals surface area contributed by atoms with Crippen molar-refractivity contribution in [2.24, 2.45) is 17.8 Å². The first-order chi connectivity index (χ1) is 8.65. The van der Waals surface area contributed by atoms with Gasteiger partial charge in [0.15, 0.2) is 0 Å². The van der Waals surface area contributed by atoms with Crippen LogP contribution in [0.2, 0.25) is 0 Å². The second-order valence-corrected chi connectivity index (χ2v) is 6.79. The van der Waals surface area contributed by atoms with Crippen LogP contribution in [0.25, 0.3) is 0 Å². The van der Waals surface area contributed by atoms with E-state index in [1.165, 1.54) is 25.7 Å². The Morgan fingerprint density at radius 1 is 1.17 bits per heavy atom. The molecule has 2 saturated carbocycles. The van der Waals surface area contributed by atoms with Crippen molar-refractivity contribution >= 4 is 5.91 Å². The molecular weight excluding hydrogens is 224 g/mol. The van der Waals surface area contributed by atoms with Crippen molar-refractivity contribution in [3.8, 4) is 0 Å². The summed E-state index contributed by atoms with van der Waals surface area (Å²) in [7, 11) is 0. The molecule has 1 N–H and O–H groups in total. The first-order valence-corrected chi connectivity index (χ1v) is 7.70. The van der Waals surface area contributed by atoms with Crippen molar-refractivity contribution in [1.82, 2.24) is 10.2 Å². The van der Waals surface area contributed by atoms with Gasteiger partial charge in [0.2, 0.25) is 5.91 Å². The van der Waals surface area contributed by atoms with Crippen molar-refractivity contribution < 1.29 is 4.79 Å². The predicted octanol–water partition coefficient (Wildman–Crippen LogP) is 2.02. The average Bonchev–Trinajstić information content (AvgIpc) is 3.20. The molecule has 1 aliphatic heterocycles. The van der Waals surface area contributed by atoms with Gasteiger partial charge in [-0.25, -0.2) is 0 Å². The van der Waals surface area contributed by atoms with Crippen LogP contribution < -0.4 is 5.32 Å². The maximum absolute atomic E-state index is 12.3. The van der Waals surface area contributed by atoms with E-state index in [1.54, 1.807) is 0 Å². The van der Waals surface area contributed by atoms with E-state index in [9.17, 15) is 4.79 Å². The minimum absolute atomic E-state index is 0.0871. The van der Waals surface area contributed by atoms with Gasteiger partial charge in [-0.1, -0.05) is 13.8 Å². The molecule has 1 atom stereocenters. The van der Waals surface area contributed by atoms with Crippen LogP contribution >= 0.6 is 0 Å². The van der Waals surface area contributed by atoms with E-state index in [-0.39, 0.29) is 6.04 Å². The molecule has 102 valence electrons. The monoisotopic (exact) mass is 250 g/mol. The van der Waals surface area contributed by atoms with Gasteiger partial charge in [0, 0.05) is 19.1 Å². The molecule has 0 bridgehead atoms. The molecule has 1 amide bonds. The van der Waals surface area contributed by atoms with Crippen LogP contribution in [0.3, 0.4) is 0 Å². The summed E-state index contributed by atoms with van der Waals surface area (Å²) in [5.74, 6) is 3.08. The molecule has 3 heteroatoms. The standard InChI is InChI=1S/C15H26N2O/c1-10(2)16-14-7-8-17(15(14)18)9-13(11-3-4-11)12-5-6-12/h10-14,16H,3-9H2,1-2H3. The minimum Gasteiger partial charge on any atom is -0.341 e. The summed E-state index contributed by atoms with van der Waals surface area (Å²) in [4.78, 5) is 14.5. The van der Waals surface area contributed by atoms with Gasteiger partial charge in [0.05, 0.1) is 6.04 Å². The Morgan fingerprint density at radius 2 is 1.78 bits per heavy atom. The van der Waals surface area contributed by atoms with Gasteiger partial charge in [-0.3, -0.25) is 4.79 Å². The third-order valence-electron chi connectivity index (χ3n) is 4.72. The van der Waals surface area contributed by atoms with Crippen molar-refractivity contribution in [3.63, 3.8) is 0 Å². The zero-order valence-corrected chi connectivity index (χ0v) is 11.7. The molecule has 3 aliphatic rings. The van der Waals surface area contributed by atoms with Crippen LogP contribution in [0.4, 0.5) is 0 Å². The summed E-state index contributed by atoms with van der Waals surface area (Å²) < 4.78 is 0. The van der Waals surface area contributed by atoms with Crippen molar-refractivity contribution in [1.29, 1.82) is 0 Å². The number of nitrogens with zero attached hydrogens (tertiary/aromatic N) is 1. The zero-order chi connectivity index (χ0) is 12.7. The van der Waals surface area contributed by atoms with E-state index in [0.29, 0.717) is 11.9 Å². The molecule has 3 fully saturated rings. The maximum Gasteiger partial charge on any atom is 0.239 e. The first-order valence-electron chi connectivity index (χ1n) is 7.70. The highest BCUT2D eigenvalue weighted by molar-refractivity contribution is 5.84. The lowest BCUT2D eigenvalue weighted by Crippen LogP contribution is -2.43. The predicted molar refractivity (Wildman–Crippen MR) is 72.2 cm³/mol. The topological polar surface area (TPSA) is 32.3 Å². The second kappa shape index (κ2) is 4.84. The van der Waals surface area contributed by atoms with Gasteiger partial charge in [-0.2, -0.15) is 0 Å². The normalized spacial score (nSPS) is 28.8. The highest BCUT2D eigenvalue weighted by atomic mass is 16.2. The quantitative estimate of drug-likeness (QED) is 0.782. The molecule has 0 aromatic rings. The molecule has 3 nitrogen and oxygen atoms in total. The SMILES string of the molecule is CC(C)NC1CCN(CC(C2CC2)C2CC2)C1=O. The van der Waals surface area contributed by atoms with Crippen LogP contribution in [0.1, 0.15) is 46.0 Å². The highest BCUT2D eigenvalue weighted by Crippen LogP contribution is 2.49. The molecule has 2 aliphatic carbocycles. The fourth-order valence-electron chi connectivity index (χ4n) is 3.46. The molecule has 3 rings (SSSR count). The van der Waals surface area contributed by atoms with E-state index in [2.05, 4.69) is 24.1 Å². The van der Waals surface area contributed by atoms with Crippen LogP contribution in [-0.4, -0.2) is 36.0 Å². The van der Waals surface area contributed by atoms with Crippen molar-refractivity contribution in [2.75, 3.05) is 13.1 Å². The Kier molecular flexibility index (Phi) is 3.35. The molecule has 0 spiro atoms. The Hall–Kier alpha value is -0.570. The van der Waals surface area contributed by atoms with Gasteiger partial charge in [-0.05, 0) is 49.9 Å². The molecule has 0 radical (unpaired) electrons. The number of rotatable bonds is 6. The number of hydrogen-bond donors (Lipinski definition) is 1. The summed E-state index contributed by atoms with van der Waals surface area (Å²) in [6, 6.07) is 0.491. The van der Waals surface area contributed by atoms with Crippen molar-refractivity contribution in [3.05, 3.63) is 0 Å². The molecular formula is C15H26N2O. The summed E-state index contributed by atoms with van der Waals surface area (Å²) >= 11 is 0. The van der Waals surface area contributed by atoms with Crippen LogP contribution in [0, 0.1) is 17.8 Å². The lowest BCUT2D eigenvalue weighted by molar-refractivity contribution is -0.130. The number of amides is 1. The summed E-state index contributed by atoms with van der Waals surface area (Å²) in [5.41, 5.74) is 0. The molecule has 0 aromatic heterocycles. The third-order valence-corrected chi connectivity index (χ3v) is 4.72. The van der Waals surface area contributed by atoms with Crippen LogP contribution in [0.15, 0.2) is 0 Å². The fraction of sp³-hybridized carbons (Fsp3) is 0.933. The number of hydrogen-bond acceptors (Lipinski definition) is 2. The average molecular weight is 250 g/mol.